The Morgan fingerprint density at radius 3 is 1.20 bits per heavy atom. The van der Waals surface area contributed by atoms with E-state index < -0.39 is 0 Å². The molecule has 0 aliphatic rings. The van der Waals surface area contributed by atoms with Crippen molar-refractivity contribution < 1.29 is 60.7 Å². The second-order valence-corrected chi connectivity index (χ2v) is 19.2. The van der Waals surface area contributed by atoms with E-state index in [1.165, 1.54) is 0 Å². The molecule has 0 atom stereocenters. The Morgan fingerprint density at radius 2 is 0.829 bits per heavy atom. The molecule has 0 aliphatic heterocycles. The van der Waals surface area contributed by atoms with E-state index >= 15 is 0 Å². The zero-order valence-corrected chi connectivity index (χ0v) is 45.1. The van der Waals surface area contributed by atoms with Crippen LogP contribution in [0.3, 0.4) is 0 Å². The van der Waals surface area contributed by atoms with Gasteiger partial charge in [0.05, 0.1) is 33.4 Å². The number of nitrogens with zero attached hydrogens (tertiary/aromatic N) is 8. The molecular weight excluding hydrogens is 1230 g/mol. The van der Waals surface area contributed by atoms with Crippen LogP contribution in [0.4, 0.5) is 0 Å². The van der Waals surface area contributed by atoms with Crippen molar-refractivity contribution in [3.63, 3.8) is 0 Å². The molecule has 6 heterocycles. The van der Waals surface area contributed by atoms with Gasteiger partial charge in [-0.05, 0) is 86.6 Å². The third-order valence-corrected chi connectivity index (χ3v) is 11.7. The quantitative estimate of drug-likeness (QED) is 0.106. The first kappa shape index (κ1) is 49.8. The number of fused-ring (bicyclic) bond motifs is 2. The number of imidazole rings is 2. The number of pyridine rings is 4. The van der Waals surface area contributed by atoms with Crippen molar-refractivity contribution in [1.29, 1.82) is 0 Å². The van der Waals surface area contributed by atoms with E-state index in [4.69, 9.17) is 9.47 Å². The third kappa shape index (κ3) is 10.3. The van der Waals surface area contributed by atoms with Crippen molar-refractivity contribution in [3.05, 3.63) is 192 Å². The number of aromatic nitrogens is 8. The Bertz CT molecular complexity index is 3290. The Morgan fingerprint density at radius 1 is 0.457 bits per heavy atom. The molecule has 10 aromatic rings. The Labute approximate surface area is 438 Å². The molecule has 4 aromatic carbocycles. The molecule has 0 fully saturated rings. The monoisotopic (exact) mass is 1280 g/mol. The SMILES string of the molecule is Cc1cc(-n2[c-][n+](-c3[c-]c(Oc4[c-]c(-c5[c-]c(Oc6[c-]c(-[n+]7[c-]n(-c8cc(C)nc(C)c8)c8ccccc87)cc(C(C)(C)C)c6)ccn5)ncc4)cc(C(C)(C)C)c3)c3ccccc32)cc(C)n1.[Pt].[Pt]. The maximum absolute atomic E-state index is 6.59. The van der Waals surface area contributed by atoms with E-state index in [0.717, 1.165) is 78.7 Å². The van der Waals surface area contributed by atoms with Crippen LogP contribution in [0, 0.1) is 64.6 Å². The number of aryl methyl sites for hydroxylation is 4. The van der Waals surface area contributed by atoms with E-state index in [-0.39, 0.29) is 53.0 Å². The molecule has 0 bridgehead atoms. The first-order valence-corrected chi connectivity index (χ1v) is 22.6. The number of rotatable bonds is 9. The van der Waals surface area contributed by atoms with Gasteiger partial charge in [0.25, 0.3) is 12.7 Å². The summed E-state index contributed by atoms with van der Waals surface area (Å²) in [5.41, 5.74) is 13.9. The predicted molar refractivity (Wildman–Crippen MR) is 262 cm³/mol. The summed E-state index contributed by atoms with van der Waals surface area (Å²) >= 11 is 0. The smallest absolute Gasteiger partial charge is 0.268 e. The van der Waals surface area contributed by atoms with Crippen LogP contribution in [-0.4, -0.2) is 29.1 Å². The normalized spacial score (nSPS) is 11.6. The minimum Gasteiger partial charge on any atom is -0.511 e. The average Bonchev–Trinajstić information content (AvgIpc) is 3.88. The summed E-state index contributed by atoms with van der Waals surface area (Å²) in [6.45, 7) is 21.1. The van der Waals surface area contributed by atoms with Crippen molar-refractivity contribution in [3.8, 4) is 57.1 Å². The fourth-order valence-electron chi connectivity index (χ4n) is 8.36. The van der Waals surface area contributed by atoms with Gasteiger partial charge in [0.1, 0.15) is 0 Å². The number of hydrogen-bond acceptors (Lipinski definition) is 6. The molecule has 358 valence electrons. The Balaban J connectivity index is 0.00000329. The summed E-state index contributed by atoms with van der Waals surface area (Å²) in [5, 5.41) is 0. The van der Waals surface area contributed by atoms with Crippen molar-refractivity contribution in [2.75, 3.05) is 0 Å². The van der Waals surface area contributed by atoms with E-state index in [0.29, 0.717) is 34.4 Å². The molecule has 12 heteroatoms. The second-order valence-electron chi connectivity index (χ2n) is 19.2. The van der Waals surface area contributed by atoms with E-state index in [9.17, 15) is 0 Å². The molecule has 0 aliphatic carbocycles. The fraction of sp³-hybridized carbons (Fsp3) is 0.207. The fourth-order valence-corrected chi connectivity index (χ4v) is 8.36. The number of benzene rings is 4. The van der Waals surface area contributed by atoms with Crippen LogP contribution in [0.25, 0.3) is 56.2 Å². The zero-order valence-electron chi connectivity index (χ0n) is 40.6. The van der Waals surface area contributed by atoms with Gasteiger partial charge in [0, 0.05) is 87.9 Å². The number of hydrogen-bond donors (Lipinski definition) is 0. The summed E-state index contributed by atoms with van der Waals surface area (Å²) < 4.78 is 21.4. The minimum absolute atomic E-state index is 0. The maximum atomic E-state index is 6.59. The topological polar surface area (TPSA) is 87.6 Å². The second kappa shape index (κ2) is 19.7. The number of ether oxygens (including phenoxy) is 2. The first-order valence-electron chi connectivity index (χ1n) is 22.6. The van der Waals surface area contributed by atoms with Gasteiger partial charge in [0.15, 0.2) is 0 Å². The van der Waals surface area contributed by atoms with Crippen LogP contribution in [0.2, 0.25) is 0 Å². The summed E-state index contributed by atoms with van der Waals surface area (Å²) in [6, 6.07) is 50.4. The summed E-state index contributed by atoms with van der Waals surface area (Å²) in [7, 11) is 0. The zero-order chi connectivity index (χ0) is 47.5. The molecule has 0 amide bonds. The molecule has 0 spiro atoms. The van der Waals surface area contributed by atoms with E-state index in [1.807, 2.05) is 73.2 Å². The van der Waals surface area contributed by atoms with Gasteiger partial charge in [-0.15, -0.1) is 47.8 Å². The van der Waals surface area contributed by atoms with Gasteiger partial charge in [-0.25, -0.2) is 0 Å². The molecule has 6 aromatic heterocycles. The van der Waals surface area contributed by atoms with Crippen molar-refractivity contribution >= 4 is 22.1 Å². The van der Waals surface area contributed by atoms with Crippen LogP contribution < -0.4 is 18.6 Å². The van der Waals surface area contributed by atoms with Gasteiger partial charge in [-0.3, -0.25) is 19.1 Å². The Hall–Kier alpha value is -6.60. The predicted octanol–water partition coefficient (Wildman–Crippen LogP) is 11.6. The van der Waals surface area contributed by atoms with Crippen LogP contribution in [-0.2, 0) is 53.0 Å². The molecular formula is C58H50N8O2Pt2-4. The van der Waals surface area contributed by atoms with Crippen molar-refractivity contribution in [2.45, 2.75) is 80.1 Å². The average molecular weight is 1280 g/mol. The summed E-state index contributed by atoms with van der Waals surface area (Å²) in [5.74, 6) is 1.95. The molecule has 0 saturated carbocycles. The van der Waals surface area contributed by atoms with E-state index in [2.05, 4.69) is 168 Å². The largest absolute Gasteiger partial charge is 0.511 e. The molecule has 0 N–H and O–H groups in total. The van der Waals surface area contributed by atoms with Gasteiger partial charge < -0.3 is 28.6 Å². The van der Waals surface area contributed by atoms with Gasteiger partial charge >= 0.3 is 0 Å². The van der Waals surface area contributed by atoms with Crippen molar-refractivity contribution in [1.82, 2.24) is 29.1 Å². The minimum atomic E-state index is -0.203. The van der Waals surface area contributed by atoms with Crippen LogP contribution >= 0.6 is 0 Å². The van der Waals surface area contributed by atoms with Gasteiger partial charge in [-0.1, -0.05) is 90.1 Å². The molecule has 0 saturated heterocycles. The molecule has 0 radical (unpaired) electrons. The summed E-state index contributed by atoms with van der Waals surface area (Å²) in [4.78, 5) is 18.5. The Kier molecular flexibility index (Phi) is 14.0. The number of para-hydroxylation sites is 4. The standard InChI is InChI=1S/C58H50N8O2.2Pt/c1-37-23-43(24-38(2)61-37)63-35-65(55-17-13-11-15-53(55)63)45-27-41(57(5,6)7)29-49(31-45)67-47-19-21-59-51(33-47)52-34-48(20-22-60-52)68-50-30-42(58(8,9)10)28-46(32-50)66-36-64(54-16-12-14-18-56(54)66)44-25-39(3)62-40(4)26-44;;/h11-30H,1-10H3;;/q-4;;. The maximum Gasteiger partial charge on any atom is 0.268 e. The molecule has 70 heavy (non-hydrogen) atoms. The molecule has 10 rings (SSSR count). The van der Waals surface area contributed by atoms with Crippen LogP contribution in [0.1, 0.15) is 75.4 Å². The van der Waals surface area contributed by atoms with Crippen LogP contribution in [0.5, 0.6) is 23.0 Å². The van der Waals surface area contributed by atoms with Crippen LogP contribution in [0.15, 0.2) is 122 Å². The molecule has 0 unspecified atom stereocenters. The van der Waals surface area contributed by atoms with Gasteiger partial charge in [0.2, 0.25) is 0 Å². The van der Waals surface area contributed by atoms with Gasteiger partial charge in [-0.2, -0.15) is 35.4 Å². The third-order valence-electron chi connectivity index (χ3n) is 11.7. The van der Waals surface area contributed by atoms with Crippen molar-refractivity contribution in [2.24, 2.45) is 0 Å². The summed E-state index contributed by atoms with van der Waals surface area (Å²) in [6.07, 6.45) is 10.6. The first-order chi connectivity index (χ1) is 32.5. The van der Waals surface area contributed by atoms with E-state index in [1.54, 1.807) is 24.5 Å². The molecule has 10 nitrogen and oxygen atoms in total.